The van der Waals surface area contributed by atoms with Crippen molar-refractivity contribution >= 4 is 0 Å². The Morgan fingerprint density at radius 2 is 2.00 bits per heavy atom. The van der Waals surface area contributed by atoms with Crippen LogP contribution in [-0.4, -0.2) is 36.6 Å². The Morgan fingerprint density at radius 3 is 2.68 bits per heavy atom. The number of rotatable bonds is 5. The van der Waals surface area contributed by atoms with E-state index in [1.54, 1.807) is 0 Å². The van der Waals surface area contributed by atoms with Gasteiger partial charge in [0, 0.05) is 18.6 Å². The highest BCUT2D eigenvalue weighted by atomic mass is 15.2. The molecule has 0 aromatic rings. The fraction of sp³-hybridized carbons (Fsp3) is 1.00. The van der Waals surface area contributed by atoms with Crippen molar-refractivity contribution in [2.75, 3.05) is 19.6 Å². The molecular formula is C17H34N2. The van der Waals surface area contributed by atoms with Gasteiger partial charge >= 0.3 is 0 Å². The van der Waals surface area contributed by atoms with Crippen molar-refractivity contribution in [1.29, 1.82) is 0 Å². The second-order valence-electron chi connectivity index (χ2n) is 7.56. The van der Waals surface area contributed by atoms with Crippen molar-refractivity contribution in [2.24, 2.45) is 11.3 Å². The smallest absolute Gasteiger partial charge is 0.0159 e. The van der Waals surface area contributed by atoms with Crippen LogP contribution in [0.1, 0.15) is 66.2 Å². The van der Waals surface area contributed by atoms with Crippen LogP contribution >= 0.6 is 0 Å². The Labute approximate surface area is 120 Å². The van der Waals surface area contributed by atoms with Gasteiger partial charge in [-0.15, -0.1) is 0 Å². The third-order valence-corrected chi connectivity index (χ3v) is 5.50. The number of likely N-dealkylation sites (tertiary alicyclic amines) is 1. The molecule has 2 rings (SSSR count). The number of hydrogen-bond acceptors (Lipinski definition) is 2. The highest BCUT2D eigenvalue weighted by molar-refractivity contribution is 4.97. The molecule has 0 spiro atoms. The third-order valence-electron chi connectivity index (χ3n) is 5.50. The largest absolute Gasteiger partial charge is 0.313 e. The summed E-state index contributed by atoms with van der Waals surface area (Å²) in [5.41, 5.74) is 0.485. The van der Waals surface area contributed by atoms with E-state index in [1.807, 2.05) is 0 Å². The van der Waals surface area contributed by atoms with Gasteiger partial charge in [-0.05, 0) is 63.5 Å². The van der Waals surface area contributed by atoms with Gasteiger partial charge in [0.05, 0.1) is 0 Å². The molecule has 0 bridgehead atoms. The summed E-state index contributed by atoms with van der Waals surface area (Å²) in [5, 5.41) is 3.85. The predicted octanol–water partition coefficient (Wildman–Crippen LogP) is 3.67. The molecule has 2 nitrogen and oxygen atoms in total. The first-order valence-corrected chi connectivity index (χ1v) is 8.52. The number of hydrogen-bond donors (Lipinski definition) is 1. The van der Waals surface area contributed by atoms with Crippen LogP contribution < -0.4 is 5.32 Å². The zero-order chi connectivity index (χ0) is 13.9. The Kier molecular flexibility index (Phi) is 5.30. The highest BCUT2D eigenvalue weighted by Crippen LogP contribution is 2.42. The van der Waals surface area contributed by atoms with Crippen molar-refractivity contribution in [3.05, 3.63) is 0 Å². The molecule has 19 heavy (non-hydrogen) atoms. The molecule has 3 atom stereocenters. The van der Waals surface area contributed by atoms with E-state index in [1.165, 1.54) is 58.2 Å². The van der Waals surface area contributed by atoms with E-state index in [0.29, 0.717) is 5.41 Å². The highest BCUT2D eigenvalue weighted by Gasteiger charge is 2.42. The summed E-state index contributed by atoms with van der Waals surface area (Å²) in [7, 11) is 0. The van der Waals surface area contributed by atoms with Gasteiger partial charge in [-0.3, -0.25) is 0 Å². The second-order valence-corrected chi connectivity index (χ2v) is 7.56. The minimum Gasteiger partial charge on any atom is -0.313 e. The van der Waals surface area contributed by atoms with Gasteiger partial charge < -0.3 is 10.2 Å². The summed E-state index contributed by atoms with van der Waals surface area (Å²) >= 11 is 0. The predicted molar refractivity (Wildman–Crippen MR) is 83.5 cm³/mol. The van der Waals surface area contributed by atoms with Gasteiger partial charge in [0.25, 0.3) is 0 Å². The number of nitrogens with zero attached hydrogens (tertiary/aromatic N) is 1. The SMILES string of the molecule is CCCNC1C(CN2CCCCC2C)CCC1(C)C. The molecule has 1 aliphatic heterocycles. The van der Waals surface area contributed by atoms with E-state index in [-0.39, 0.29) is 0 Å². The Hall–Kier alpha value is -0.0800. The Morgan fingerprint density at radius 1 is 1.21 bits per heavy atom. The molecular weight excluding hydrogens is 232 g/mol. The van der Waals surface area contributed by atoms with Crippen molar-refractivity contribution in [1.82, 2.24) is 10.2 Å². The monoisotopic (exact) mass is 266 g/mol. The van der Waals surface area contributed by atoms with Crippen LogP contribution in [0.5, 0.6) is 0 Å². The molecule has 0 radical (unpaired) electrons. The number of nitrogens with one attached hydrogen (secondary N) is 1. The van der Waals surface area contributed by atoms with Gasteiger partial charge in [0.15, 0.2) is 0 Å². The fourth-order valence-electron chi connectivity index (χ4n) is 4.19. The average molecular weight is 266 g/mol. The number of piperidine rings is 1. The van der Waals surface area contributed by atoms with E-state index in [0.717, 1.165) is 18.0 Å². The normalized spacial score (nSPS) is 35.7. The summed E-state index contributed by atoms with van der Waals surface area (Å²) in [4.78, 5) is 2.76. The molecule has 1 saturated carbocycles. The summed E-state index contributed by atoms with van der Waals surface area (Å²) in [6.45, 7) is 13.5. The van der Waals surface area contributed by atoms with Crippen molar-refractivity contribution < 1.29 is 0 Å². The lowest BCUT2D eigenvalue weighted by molar-refractivity contribution is 0.119. The molecule has 112 valence electrons. The van der Waals surface area contributed by atoms with E-state index in [9.17, 15) is 0 Å². The van der Waals surface area contributed by atoms with Crippen LogP contribution in [0.25, 0.3) is 0 Å². The molecule has 1 heterocycles. The molecule has 3 unspecified atom stereocenters. The third kappa shape index (κ3) is 3.72. The van der Waals surface area contributed by atoms with Gasteiger partial charge in [-0.25, -0.2) is 0 Å². The standard InChI is InChI=1S/C17H34N2/c1-5-11-18-16-15(9-10-17(16,3)4)13-19-12-7-6-8-14(19)2/h14-16,18H,5-13H2,1-4H3. The summed E-state index contributed by atoms with van der Waals surface area (Å²) in [6.07, 6.45) is 8.31. The zero-order valence-corrected chi connectivity index (χ0v) is 13.5. The first-order valence-electron chi connectivity index (χ1n) is 8.52. The van der Waals surface area contributed by atoms with Crippen LogP contribution in [0.4, 0.5) is 0 Å². The Balaban J connectivity index is 1.93. The molecule has 2 heteroatoms. The molecule has 0 amide bonds. The topological polar surface area (TPSA) is 15.3 Å². The quantitative estimate of drug-likeness (QED) is 0.817. The molecule has 1 aliphatic carbocycles. The van der Waals surface area contributed by atoms with Crippen LogP contribution in [0.2, 0.25) is 0 Å². The van der Waals surface area contributed by atoms with E-state index < -0.39 is 0 Å². The lowest BCUT2D eigenvalue weighted by Gasteiger charge is -2.38. The first-order chi connectivity index (χ1) is 9.04. The van der Waals surface area contributed by atoms with E-state index in [4.69, 9.17) is 0 Å². The van der Waals surface area contributed by atoms with Gasteiger partial charge in [0.2, 0.25) is 0 Å². The van der Waals surface area contributed by atoms with Crippen molar-refractivity contribution in [3.8, 4) is 0 Å². The van der Waals surface area contributed by atoms with Crippen LogP contribution in [0.15, 0.2) is 0 Å². The fourth-order valence-corrected chi connectivity index (χ4v) is 4.19. The average Bonchev–Trinajstić information content (AvgIpc) is 2.65. The molecule has 1 N–H and O–H groups in total. The minimum atomic E-state index is 0.485. The lowest BCUT2D eigenvalue weighted by atomic mass is 9.84. The van der Waals surface area contributed by atoms with Crippen LogP contribution in [0.3, 0.4) is 0 Å². The van der Waals surface area contributed by atoms with Crippen molar-refractivity contribution in [3.63, 3.8) is 0 Å². The van der Waals surface area contributed by atoms with E-state index >= 15 is 0 Å². The Bertz CT molecular complexity index is 274. The van der Waals surface area contributed by atoms with Gasteiger partial charge in [0.1, 0.15) is 0 Å². The second kappa shape index (κ2) is 6.58. The van der Waals surface area contributed by atoms with Gasteiger partial charge in [-0.1, -0.05) is 27.2 Å². The van der Waals surface area contributed by atoms with E-state index in [2.05, 4.69) is 37.9 Å². The summed E-state index contributed by atoms with van der Waals surface area (Å²) in [5.74, 6) is 0.863. The maximum atomic E-state index is 3.85. The maximum absolute atomic E-state index is 3.85. The van der Waals surface area contributed by atoms with Crippen LogP contribution in [-0.2, 0) is 0 Å². The van der Waals surface area contributed by atoms with Crippen LogP contribution in [0, 0.1) is 11.3 Å². The molecule has 0 aromatic carbocycles. The molecule has 2 fully saturated rings. The summed E-state index contributed by atoms with van der Waals surface area (Å²) < 4.78 is 0. The maximum Gasteiger partial charge on any atom is 0.0159 e. The molecule has 0 aromatic heterocycles. The summed E-state index contributed by atoms with van der Waals surface area (Å²) in [6, 6.07) is 1.53. The van der Waals surface area contributed by atoms with Gasteiger partial charge in [-0.2, -0.15) is 0 Å². The minimum absolute atomic E-state index is 0.485. The van der Waals surface area contributed by atoms with Crippen molar-refractivity contribution in [2.45, 2.75) is 78.3 Å². The lowest BCUT2D eigenvalue weighted by Crippen LogP contribution is -2.48. The molecule has 1 saturated heterocycles. The molecule has 2 aliphatic rings. The first kappa shape index (κ1) is 15.3. The zero-order valence-electron chi connectivity index (χ0n) is 13.5.